The molecular formula is C22H33N2O15P. The third kappa shape index (κ3) is 8.79. The second-order valence-corrected chi connectivity index (χ2v) is 10.0. The Hall–Kier alpha value is -2.92. The van der Waals surface area contributed by atoms with Crippen LogP contribution in [0.1, 0.15) is 39.0 Å². The summed E-state index contributed by atoms with van der Waals surface area (Å²) in [5, 5.41) is 10.3. The highest BCUT2D eigenvalue weighted by molar-refractivity contribution is 7.47. The van der Waals surface area contributed by atoms with Gasteiger partial charge in [-0.25, -0.2) is 9.36 Å². The van der Waals surface area contributed by atoms with Crippen LogP contribution in [-0.2, 0) is 51.7 Å². The van der Waals surface area contributed by atoms with E-state index in [-0.39, 0.29) is 25.2 Å². The monoisotopic (exact) mass is 596 g/mol. The maximum Gasteiger partial charge on any atom is 0.472 e. The quantitative estimate of drug-likeness (QED) is 0.0566. The van der Waals surface area contributed by atoms with Crippen molar-refractivity contribution in [3.63, 3.8) is 0 Å². The molecule has 0 radical (unpaired) electrons. The molecule has 0 amide bonds. The third-order valence-corrected chi connectivity index (χ3v) is 6.49. The van der Waals surface area contributed by atoms with Crippen molar-refractivity contribution in [2.45, 2.75) is 52.6 Å². The van der Waals surface area contributed by atoms with E-state index in [1.54, 1.807) is 0 Å². The number of hydrogen-bond donors (Lipinski definition) is 3. The van der Waals surface area contributed by atoms with Gasteiger partial charge in [0.05, 0.1) is 39.1 Å². The maximum absolute atomic E-state index is 12.8. The molecule has 4 atom stereocenters. The molecule has 1 fully saturated rings. The standard InChI is InChI=1S/C22H33N2O15P/c1-5-34-19(28)22(20(29)35-6-2,10-33-12-36-14(4)25)11-38-40(31,32)37-9-16-15(26)7-17(39-16)24-8-13(3)18(27)23-21(24)30/h8,15-17,26H,5-7,9-12H2,1-4H3,(H,31,32)(H,23,27,30)/t15-,16+,17+/m0/s1. The number of phosphoric acid groups is 1. The molecule has 1 aliphatic rings. The zero-order valence-corrected chi connectivity index (χ0v) is 23.2. The van der Waals surface area contributed by atoms with E-state index < -0.39 is 87.4 Å². The molecule has 226 valence electrons. The van der Waals surface area contributed by atoms with Gasteiger partial charge in [0.1, 0.15) is 12.3 Å². The van der Waals surface area contributed by atoms with Crippen molar-refractivity contribution in [3.05, 3.63) is 32.6 Å². The number of nitrogens with zero attached hydrogens (tertiary/aromatic N) is 1. The fourth-order valence-electron chi connectivity index (χ4n) is 3.47. The smallest absolute Gasteiger partial charge is 0.465 e. The summed E-state index contributed by atoms with van der Waals surface area (Å²) in [7, 11) is -5.02. The summed E-state index contributed by atoms with van der Waals surface area (Å²) >= 11 is 0. The van der Waals surface area contributed by atoms with Crippen molar-refractivity contribution in [3.8, 4) is 0 Å². The number of aromatic amines is 1. The number of aromatic nitrogens is 2. The Labute approximate surface area is 227 Å². The van der Waals surface area contributed by atoms with E-state index in [0.717, 1.165) is 11.5 Å². The minimum absolute atomic E-state index is 0.107. The van der Waals surface area contributed by atoms with Gasteiger partial charge in [0.2, 0.25) is 5.41 Å². The first-order chi connectivity index (χ1) is 18.8. The van der Waals surface area contributed by atoms with Gasteiger partial charge in [-0.15, -0.1) is 0 Å². The molecule has 1 aromatic rings. The Morgan fingerprint density at radius 1 is 1.12 bits per heavy atom. The summed E-state index contributed by atoms with van der Waals surface area (Å²) in [6, 6.07) is 0. The molecule has 18 heteroatoms. The Morgan fingerprint density at radius 3 is 2.33 bits per heavy atom. The van der Waals surface area contributed by atoms with Gasteiger partial charge in [-0.2, -0.15) is 0 Å². The lowest BCUT2D eigenvalue weighted by molar-refractivity contribution is -0.185. The van der Waals surface area contributed by atoms with Crippen LogP contribution in [0.15, 0.2) is 15.8 Å². The number of ether oxygens (including phenoxy) is 5. The van der Waals surface area contributed by atoms with E-state index in [2.05, 4.69) is 9.72 Å². The minimum Gasteiger partial charge on any atom is -0.465 e. The molecule has 1 saturated heterocycles. The van der Waals surface area contributed by atoms with Crippen LogP contribution in [0.3, 0.4) is 0 Å². The van der Waals surface area contributed by atoms with Gasteiger partial charge in [0.15, 0.2) is 6.79 Å². The van der Waals surface area contributed by atoms with E-state index in [4.69, 9.17) is 28.0 Å². The highest BCUT2D eigenvalue weighted by Crippen LogP contribution is 2.46. The molecule has 0 aromatic carbocycles. The first-order valence-electron chi connectivity index (χ1n) is 12.1. The van der Waals surface area contributed by atoms with E-state index in [1.165, 1.54) is 27.0 Å². The number of H-pyrrole nitrogens is 1. The molecule has 0 bridgehead atoms. The molecule has 0 aliphatic carbocycles. The third-order valence-electron chi connectivity index (χ3n) is 5.56. The van der Waals surface area contributed by atoms with Gasteiger partial charge in [0, 0.05) is 25.1 Å². The average molecular weight is 596 g/mol. The van der Waals surface area contributed by atoms with Crippen molar-refractivity contribution in [1.29, 1.82) is 0 Å². The number of carbonyl (C=O) groups excluding carboxylic acids is 3. The first-order valence-corrected chi connectivity index (χ1v) is 13.6. The molecule has 0 saturated carbocycles. The number of aliphatic hydroxyl groups excluding tert-OH is 1. The predicted molar refractivity (Wildman–Crippen MR) is 131 cm³/mol. The largest absolute Gasteiger partial charge is 0.472 e. The zero-order chi connectivity index (χ0) is 30.1. The van der Waals surface area contributed by atoms with Crippen molar-refractivity contribution in [2.75, 3.05) is 39.8 Å². The fourth-order valence-corrected chi connectivity index (χ4v) is 4.27. The van der Waals surface area contributed by atoms with Crippen LogP contribution in [0.5, 0.6) is 0 Å². The SMILES string of the molecule is CCOC(=O)C(COCOC(C)=O)(COP(=O)(O)OC[C@H]1O[C@@H](n2cc(C)c(=O)[nH]c2=O)C[C@@H]1O)C(=O)OCC. The highest BCUT2D eigenvalue weighted by Gasteiger charge is 2.52. The first kappa shape index (κ1) is 33.3. The van der Waals surface area contributed by atoms with Crippen LogP contribution in [0.2, 0.25) is 0 Å². The van der Waals surface area contributed by atoms with E-state index in [0.29, 0.717) is 0 Å². The predicted octanol–water partition coefficient (Wildman–Crippen LogP) is -0.723. The van der Waals surface area contributed by atoms with Gasteiger partial charge < -0.3 is 33.7 Å². The second-order valence-electron chi connectivity index (χ2n) is 8.57. The molecule has 40 heavy (non-hydrogen) atoms. The number of carbonyl (C=O) groups is 3. The van der Waals surface area contributed by atoms with Crippen molar-refractivity contribution < 1.29 is 61.7 Å². The molecule has 1 unspecified atom stereocenters. The Bertz CT molecular complexity index is 1190. The van der Waals surface area contributed by atoms with Gasteiger partial charge in [-0.3, -0.25) is 37.8 Å². The van der Waals surface area contributed by atoms with Gasteiger partial charge in [0.25, 0.3) is 5.56 Å². The summed E-state index contributed by atoms with van der Waals surface area (Å²) in [4.78, 5) is 72.6. The molecular weight excluding hydrogens is 563 g/mol. The molecule has 3 N–H and O–H groups in total. The topological polar surface area (TPSA) is 228 Å². The summed E-state index contributed by atoms with van der Waals surface area (Å²) in [6.07, 6.45) is -2.31. The fraction of sp³-hybridized carbons (Fsp3) is 0.682. The number of aliphatic hydroxyl groups is 1. The van der Waals surface area contributed by atoms with Crippen LogP contribution >= 0.6 is 7.82 Å². The lowest BCUT2D eigenvalue weighted by atomic mass is 9.90. The molecule has 1 aromatic heterocycles. The van der Waals surface area contributed by atoms with Crippen LogP contribution < -0.4 is 11.2 Å². The van der Waals surface area contributed by atoms with Crippen molar-refractivity contribution in [2.24, 2.45) is 5.41 Å². The van der Waals surface area contributed by atoms with Gasteiger partial charge in [-0.1, -0.05) is 0 Å². The van der Waals surface area contributed by atoms with Gasteiger partial charge >= 0.3 is 31.4 Å². The Balaban J connectivity index is 2.12. The average Bonchev–Trinajstić information content (AvgIpc) is 3.25. The van der Waals surface area contributed by atoms with Crippen molar-refractivity contribution in [1.82, 2.24) is 9.55 Å². The summed E-state index contributed by atoms with van der Waals surface area (Å²) < 4.78 is 48.7. The summed E-state index contributed by atoms with van der Waals surface area (Å²) in [6.45, 7) is 1.88. The lowest BCUT2D eigenvalue weighted by Gasteiger charge is -2.29. The van der Waals surface area contributed by atoms with Crippen molar-refractivity contribution >= 4 is 25.7 Å². The number of nitrogens with one attached hydrogen (secondary N) is 1. The van der Waals surface area contributed by atoms with E-state index in [1.807, 2.05) is 0 Å². The lowest BCUT2D eigenvalue weighted by Crippen LogP contribution is -2.49. The molecule has 2 rings (SSSR count). The number of hydrogen-bond acceptors (Lipinski definition) is 14. The minimum atomic E-state index is -5.02. The van der Waals surface area contributed by atoms with Crippen LogP contribution in [0.25, 0.3) is 0 Å². The van der Waals surface area contributed by atoms with E-state index >= 15 is 0 Å². The molecule has 0 spiro atoms. The molecule has 1 aliphatic heterocycles. The van der Waals surface area contributed by atoms with E-state index in [9.17, 15) is 38.5 Å². The second kappa shape index (κ2) is 14.6. The number of esters is 3. The van der Waals surface area contributed by atoms with Crippen LogP contribution in [-0.4, -0.2) is 89.5 Å². The van der Waals surface area contributed by atoms with Gasteiger partial charge in [-0.05, 0) is 20.8 Å². The summed E-state index contributed by atoms with van der Waals surface area (Å²) in [5.41, 5.74) is -3.55. The Morgan fingerprint density at radius 2 is 1.75 bits per heavy atom. The van der Waals surface area contributed by atoms with Crippen LogP contribution in [0, 0.1) is 12.3 Å². The maximum atomic E-state index is 12.8. The Kier molecular flexibility index (Phi) is 12.2. The molecule has 17 nitrogen and oxygen atoms in total. The number of rotatable bonds is 15. The number of phosphoric ester groups is 1. The number of aryl methyl sites for hydroxylation is 1. The highest BCUT2D eigenvalue weighted by atomic mass is 31.2. The van der Waals surface area contributed by atoms with Crippen LogP contribution in [0.4, 0.5) is 0 Å². The zero-order valence-electron chi connectivity index (χ0n) is 22.4. The molecule has 2 heterocycles. The summed E-state index contributed by atoms with van der Waals surface area (Å²) in [5.74, 6) is -3.10. The normalized spacial score (nSPS) is 20.5.